The Morgan fingerprint density at radius 2 is 1.87 bits per heavy atom. The average Bonchev–Trinajstić information content (AvgIpc) is 3.73. The van der Waals surface area contributed by atoms with E-state index in [1.807, 2.05) is 0 Å². The molecule has 0 spiro atoms. The summed E-state index contributed by atoms with van der Waals surface area (Å²) >= 11 is 9.75. The molecule has 2 saturated heterocycles. The molecule has 18 nitrogen and oxygen atoms in total. The van der Waals surface area contributed by atoms with E-state index in [0.717, 1.165) is 29.0 Å². The van der Waals surface area contributed by atoms with Gasteiger partial charge in [-0.3, -0.25) is 28.2 Å². The van der Waals surface area contributed by atoms with E-state index in [2.05, 4.69) is 42.2 Å². The van der Waals surface area contributed by atoms with Crippen LogP contribution in [0, 0.1) is 0 Å². The molecule has 6 rings (SSSR count). The summed E-state index contributed by atoms with van der Waals surface area (Å²) in [6.45, 7) is -5.66. The van der Waals surface area contributed by atoms with Crippen molar-refractivity contribution >= 4 is 78.0 Å². The summed E-state index contributed by atoms with van der Waals surface area (Å²) in [5.41, 5.74) is 4.23. The second kappa shape index (κ2) is 12.6. The van der Waals surface area contributed by atoms with Crippen molar-refractivity contribution < 1.29 is 41.7 Å². The van der Waals surface area contributed by atoms with Crippen LogP contribution in [0.2, 0.25) is 0 Å². The van der Waals surface area contributed by atoms with Gasteiger partial charge in [0.05, 0.1) is 37.4 Å². The number of rotatable bonds is 10. The summed E-state index contributed by atoms with van der Waals surface area (Å²) in [5.74, 6) is -0.229. The van der Waals surface area contributed by atoms with E-state index < -0.39 is 85.8 Å². The molecule has 6 heterocycles. The Kier molecular flexibility index (Phi) is 9.13. The lowest BCUT2D eigenvalue weighted by Crippen LogP contribution is -2.34. The number of fused-ring (bicyclic) bond motifs is 2. The molecular formula is C20H22F2N9O9P2S3+. The first-order valence-corrected chi connectivity index (χ1v) is 18.6. The van der Waals surface area contributed by atoms with Crippen molar-refractivity contribution in [2.45, 2.75) is 47.5 Å². The molecule has 0 aliphatic carbocycles. The highest BCUT2D eigenvalue weighted by Gasteiger charge is 2.53. The Bertz CT molecular complexity index is 1930. The molecule has 6 N–H and O–H groups in total. The Morgan fingerprint density at radius 1 is 1.16 bits per heavy atom. The van der Waals surface area contributed by atoms with Crippen molar-refractivity contribution in [2.24, 2.45) is 0 Å². The molecular weight excluding hydrogens is 706 g/mol. The van der Waals surface area contributed by atoms with Crippen molar-refractivity contribution in [3.63, 3.8) is 0 Å². The molecule has 2 aliphatic heterocycles. The van der Waals surface area contributed by atoms with Crippen LogP contribution in [0.15, 0.2) is 28.6 Å². The zero-order valence-corrected chi connectivity index (χ0v) is 26.5. The molecule has 0 aromatic carbocycles. The number of anilines is 1. The topological polar surface area (TPSA) is 248 Å². The number of hydrogen-bond donors (Lipinski definition) is 6. The molecule has 4 aromatic heterocycles. The fourth-order valence-electron chi connectivity index (χ4n) is 4.99. The fraction of sp³-hybridized carbons (Fsp3) is 0.500. The molecule has 10 atom stereocenters. The average molecular weight is 729 g/mol. The van der Waals surface area contributed by atoms with Crippen molar-refractivity contribution in [3.05, 3.63) is 39.7 Å². The number of aromatic nitrogens is 8. The number of alkyl halides is 2. The van der Waals surface area contributed by atoms with Crippen LogP contribution >= 0.6 is 38.0 Å². The van der Waals surface area contributed by atoms with Crippen LogP contribution in [-0.2, 0) is 34.7 Å². The maximum atomic E-state index is 15.7. The summed E-state index contributed by atoms with van der Waals surface area (Å²) in [6, 6.07) is 0. The number of nitrogens with two attached hydrogens (primary N) is 1. The zero-order chi connectivity index (χ0) is 32.2. The van der Waals surface area contributed by atoms with E-state index in [1.165, 1.54) is 10.9 Å². The number of halogens is 2. The number of aliphatic hydroxyl groups is 1. The van der Waals surface area contributed by atoms with Crippen LogP contribution in [0.4, 0.5) is 14.7 Å². The van der Waals surface area contributed by atoms with Gasteiger partial charge in [0.25, 0.3) is 11.1 Å². The fourth-order valence-corrected chi connectivity index (χ4v) is 8.67. The summed E-state index contributed by atoms with van der Waals surface area (Å²) < 4.78 is 67.4. The first-order chi connectivity index (χ1) is 21.4. The third-order valence-electron chi connectivity index (χ3n) is 6.94. The second-order valence-corrected chi connectivity index (χ2v) is 15.5. The molecule has 0 amide bonds. The van der Waals surface area contributed by atoms with Gasteiger partial charge in [-0.25, -0.2) is 23.7 Å². The number of hydrogen-bond acceptors (Lipinski definition) is 15. The van der Waals surface area contributed by atoms with Crippen molar-refractivity contribution in [3.8, 4) is 0 Å². The quantitative estimate of drug-likeness (QED) is 0.0967. The van der Waals surface area contributed by atoms with Crippen LogP contribution < -0.4 is 16.9 Å². The van der Waals surface area contributed by atoms with Gasteiger partial charge in [-0.15, -0.1) is 16.3 Å². The lowest BCUT2D eigenvalue weighted by atomic mass is 10.1. The predicted molar refractivity (Wildman–Crippen MR) is 161 cm³/mol. The highest BCUT2D eigenvalue weighted by atomic mass is 32.7. The molecule has 2 fully saturated rings. The summed E-state index contributed by atoms with van der Waals surface area (Å²) in [7, 11) is -2.65. The number of ether oxygens (including phenoxy) is 1. The molecule has 0 bridgehead atoms. The second-order valence-electron chi connectivity index (χ2n) is 9.67. The van der Waals surface area contributed by atoms with E-state index >= 15 is 8.78 Å². The Balaban J connectivity index is 1.23. The molecule has 25 heteroatoms. The summed E-state index contributed by atoms with van der Waals surface area (Å²) in [4.78, 5) is 55.9. The predicted octanol–water partition coefficient (Wildman–Crippen LogP) is 0.606. The molecule has 2 unspecified atom stereocenters. The molecule has 2 aliphatic rings. The van der Waals surface area contributed by atoms with Crippen molar-refractivity contribution in [2.75, 3.05) is 18.9 Å². The molecule has 4 aromatic rings. The van der Waals surface area contributed by atoms with Gasteiger partial charge >= 0.3 is 13.9 Å². The number of nitrogens with zero attached hydrogens (tertiary/aromatic N) is 6. The minimum absolute atomic E-state index is 0.0101. The normalized spacial score (nSPS) is 30.3. The first-order valence-electron chi connectivity index (χ1n) is 12.7. The van der Waals surface area contributed by atoms with Gasteiger partial charge < -0.3 is 30.0 Å². The lowest BCUT2D eigenvalue weighted by Gasteiger charge is -2.27. The number of nitrogens with one attached hydrogen (secondary N) is 2. The number of thiol groups is 1. The number of imidazole rings is 2. The highest BCUT2D eigenvalue weighted by Crippen LogP contribution is 2.55. The molecule has 242 valence electrons. The van der Waals surface area contributed by atoms with Gasteiger partial charge in [-0.2, -0.15) is 4.98 Å². The number of thioether (sulfide) groups is 1. The van der Waals surface area contributed by atoms with E-state index in [0.29, 0.717) is 0 Å². The number of H-pyrrole nitrogens is 2. The van der Waals surface area contributed by atoms with Gasteiger partial charge in [0, 0.05) is 0 Å². The Labute approximate surface area is 264 Å². The first kappa shape index (κ1) is 32.5. The van der Waals surface area contributed by atoms with Crippen LogP contribution in [0.3, 0.4) is 0 Å². The minimum atomic E-state index is -4.37. The van der Waals surface area contributed by atoms with Crippen molar-refractivity contribution in [1.29, 1.82) is 0 Å². The monoisotopic (exact) mass is 728 g/mol. The van der Waals surface area contributed by atoms with Crippen LogP contribution in [-0.4, -0.2) is 98.2 Å². The highest BCUT2D eigenvalue weighted by molar-refractivity contribution is 8.39. The number of aliphatic hydroxyl groups excluding tert-OH is 1. The molecule has 0 saturated carbocycles. The Hall–Kier alpha value is -2.43. The van der Waals surface area contributed by atoms with Gasteiger partial charge in [-0.05, 0) is 16.4 Å². The van der Waals surface area contributed by atoms with E-state index in [1.54, 1.807) is 0 Å². The third-order valence-corrected chi connectivity index (χ3v) is 10.7. The maximum Gasteiger partial charge on any atom is 0.582 e. The zero-order valence-electron chi connectivity index (χ0n) is 22.2. The maximum absolute atomic E-state index is 15.7. The van der Waals surface area contributed by atoms with Crippen LogP contribution in [0.1, 0.15) is 11.6 Å². The van der Waals surface area contributed by atoms with E-state index in [9.17, 15) is 24.2 Å². The minimum Gasteiger partial charge on any atom is -0.395 e. The smallest absolute Gasteiger partial charge is 0.395 e. The lowest BCUT2D eigenvalue weighted by molar-refractivity contribution is -0.0430. The van der Waals surface area contributed by atoms with Gasteiger partial charge in [0.2, 0.25) is 5.95 Å². The van der Waals surface area contributed by atoms with Gasteiger partial charge in [-0.1, -0.05) is 0 Å². The third kappa shape index (κ3) is 6.19. The standard InChI is InChI=1S/C20H21F2N9O9P2S3/c21-8-7(1-32)45-19(31-5-27-11-15(31)28-20(23)29-17(11)34)13(8)40-42(36,44)37-2-6-12(39-41(35)43)9(22)18(38-6)30-4-26-10-14(30)24-3-25-16(10)33/h3-9,12-13,18-19,32H,1-2H2,(H5-,23,24,25,28,29,33,34,35,36,43,44)/p+1/t6-,7-,8-,9+,12-,13-,18-,19-,42?/m1/s1. The number of aromatic amines is 2. The van der Waals surface area contributed by atoms with Crippen LogP contribution in [0.25, 0.3) is 22.3 Å². The van der Waals surface area contributed by atoms with Crippen molar-refractivity contribution in [1.82, 2.24) is 39.0 Å². The summed E-state index contributed by atoms with van der Waals surface area (Å²) in [5, 5.41) is 7.67. The number of nitrogen functional groups attached to an aromatic ring is 1. The van der Waals surface area contributed by atoms with E-state index in [4.69, 9.17) is 35.8 Å². The molecule has 45 heavy (non-hydrogen) atoms. The van der Waals surface area contributed by atoms with Gasteiger partial charge in [0.15, 0.2) is 40.8 Å². The van der Waals surface area contributed by atoms with E-state index in [-0.39, 0.29) is 28.3 Å². The summed E-state index contributed by atoms with van der Waals surface area (Å²) in [6.07, 6.45) is -6.47. The Morgan fingerprint density at radius 3 is 2.58 bits per heavy atom. The van der Waals surface area contributed by atoms with Gasteiger partial charge in [0.1, 0.15) is 36.0 Å². The van der Waals surface area contributed by atoms with Crippen LogP contribution in [0.5, 0.6) is 0 Å². The largest absolute Gasteiger partial charge is 0.582 e. The SMILES string of the molecule is Nc1nc2c(ncn2[C@@H]2S[C@H](CO)[C@@H](F)[C@H]2OP(O)(=S)OC[C@H]2O[C@@H](n3cnc4c(=O)[nH]cnc43)[C@@H](F)[C@@H]2O[P+](=O)S)c(=O)[nH]1. The molecule has 0 radical (unpaired) electrons.